The SMILES string of the molecule is CC(C)NS(=O)(=O)N1C(=O)C(=Cc2[nH]cc3c2CCOC3=O)c2ccccc21. The number of amides is 1. The van der Waals surface area contributed by atoms with Crippen LogP contribution in [0.4, 0.5) is 5.69 Å². The molecule has 146 valence electrons. The molecule has 3 heterocycles. The molecule has 0 saturated heterocycles. The zero-order chi connectivity index (χ0) is 20.1. The number of aromatic nitrogens is 1. The molecule has 8 nitrogen and oxygen atoms in total. The van der Waals surface area contributed by atoms with E-state index < -0.39 is 22.1 Å². The predicted molar refractivity (Wildman–Crippen MR) is 104 cm³/mol. The summed E-state index contributed by atoms with van der Waals surface area (Å²) in [5, 5.41) is 0. The van der Waals surface area contributed by atoms with Gasteiger partial charge in [-0.3, -0.25) is 4.79 Å². The van der Waals surface area contributed by atoms with Crippen LogP contribution >= 0.6 is 0 Å². The van der Waals surface area contributed by atoms with Crippen molar-refractivity contribution in [1.82, 2.24) is 9.71 Å². The molecular formula is C19H19N3O5S. The van der Waals surface area contributed by atoms with Gasteiger partial charge in [-0.25, -0.2) is 4.79 Å². The van der Waals surface area contributed by atoms with Crippen molar-refractivity contribution in [3.05, 3.63) is 52.8 Å². The summed E-state index contributed by atoms with van der Waals surface area (Å²) >= 11 is 0. The van der Waals surface area contributed by atoms with Crippen molar-refractivity contribution in [2.45, 2.75) is 26.3 Å². The monoisotopic (exact) mass is 401 g/mol. The summed E-state index contributed by atoms with van der Waals surface area (Å²) in [6, 6.07) is 6.36. The Morgan fingerprint density at radius 2 is 1.96 bits per heavy atom. The minimum absolute atomic E-state index is 0.244. The number of anilines is 1. The first-order chi connectivity index (χ1) is 13.3. The largest absolute Gasteiger partial charge is 0.462 e. The van der Waals surface area contributed by atoms with Crippen molar-refractivity contribution in [2.75, 3.05) is 10.9 Å². The van der Waals surface area contributed by atoms with Gasteiger partial charge < -0.3 is 9.72 Å². The number of hydrogen-bond acceptors (Lipinski definition) is 5. The second kappa shape index (κ2) is 6.61. The number of nitrogens with zero attached hydrogens (tertiary/aromatic N) is 1. The second-order valence-corrected chi connectivity index (χ2v) is 8.45. The molecule has 0 atom stereocenters. The zero-order valence-corrected chi connectivity index (χ0v) is 16.2. The number of fused-ring (bicyclic) bond motifs is 2. The molecule has 0 bridgehead atoms. The van der Waals surface area contributed by atoms with Crippen molar-refractivity contribution in [3.63, 3.8) is 0 Å². The van der Waals surface area contributed by atoms with E-state index in [9.17, 15) is 18.0 Å². The summed E-state index contributed by atoms with van der Waals surface area (Å²) in [4.78, 5) is 27.9. The average Bonchev–Trinajstić information content (AvgIpc) is 3.15. The second-order valence-electron chi connectivity index (χ2n) is 6.90. The summed E-state index contributed by atoms with van der Waals surface area (Å²) in [6.45, 7) is 3.64. The quantitative estimate of drug-likeness (QED) is 0.600. The van der Waals surface area contributed by atoms with Gasteiger partial charge in [0, 0.05) is 29.9 Å². The number of nitrogens with one attached hydrogen (secondary N) is 2. The Morgan fingerprint density at radius 3 is 2.71 bits per heavy atom. The Balaban J connectivity index is 1.83. The highest BCUT2D eigenvalue weighted by atomic mass is 32.2. The fourth-order valence-corrected chi connectivity index (χ4v) is 4.89. The summed E-state index contributed by atoms with van der Waals surface area (Å²) in [7, 11) is -4.05. The molecule has 2 aliphatic heterocycles. The lowest BCUT2D eigenvalue weighted by Crippen LogP contribution is -2.45. The van der Waals surface area contributed by atoms with E-state index in [0.29, 0.717) is 28.9 Å². The van der Waals surface area contributed by atoms with E-state index >= 15 is 0 Å². The lowest BCUT2D eigenvalue weighted by atomic mass is 10.0. The smallest absolute Gasteiger partial charge is 0.339 e. The third-order valence-electron chi connectivity index (χ3n) is 4.57. The molecule has 2 aliphatic rings. The van der Waals surface area contributed by atoms with Crippen molar-refractivity contribution in [1.29, 1.82) is 0 Å². The number of ether oxygens (including phenoxy) is 1. The molecule has 2 N–H and O–H groups in total. The van der Waals surface area contributed by atoms with Crippen LogP contribution in [0.15, 0.2) is 30.5 Å². The fraction of sp³-hybridized carbons (Fsp3) is 0.263. The molecule has 0 saturated carbocycles. The van der Waals surface area contributed by atoms with E-state index in [4.69, 9.17) is 4.74 Å². The standard InChI is InChI=1S/C19H19N3O5S/c1-11(2)21-28(25,26)22-17-6-4-3-5-13(17)14(18(22)23)9-16-12-7-8-27-19(24)15(12)10-20-16/h3-6,9-11,20-21H,7-8H2,1-2H3. The van der Waals surface area contributed by atoms with E-state index in [2.05, 4.69) is 9.71 Å². The number of hydrogen-bond donors (Lipinski definition) is 2. The highest BCUT2D eigenvalue weighted by Gasteiger charge is 2.40. The topological polar surface area (TPSA) is 109 Å². The maximum Gasteiger partial charge on any atom is 0.339 e. The highest BCUT2D eigenvalue weighted by molar-refractivity contribution is 7.91. The minimum atomic E-state index is -4.05. The van der Waals surface area contributed by atoms with E-state index in [1.807, 2.05) is 0 Å². The van der Waals surface area contributed by atoms with Gasteiger partial charge in [-0.05, 0) is 31.6 Å². The van der Waals surface area contributed by atoms with E-state index in [-0.39, 0.29) is 18.2 Å². The molecule has 1 aromatic carbocycles. The van der Waals surface area contributed by atoms with Gasteiger partial charge in [0.05, 0.1) is 23.4 Å². The molecule has 0 aliphatic carbocycles. The number of H-pyrrole nitrogens is 1. The van der Waals surface area contributed by atoms with Gasteiger partial charge in [-0.15, -0.1) is 0 Å². The summed E-state index contributed by atoms with van der Waals surface area (Å²) in [5.41, 5.74) is 2.85. The number of aromatic amines is 1. The van der Waals surface area contributed by atoms with Crippen LogP contribution in [0.25, 0.3) is 11.6 Å². The van der Waals surface area contributed by atoms with E-state index in [1.54, 1.807) is 50.4 Å². The summed E-state index contributed by atoms with van der Waals surface area (Å²) < 4.78 is 33.7. The molecule has 4 rings (SSSR count). The lowest BCUT2D eigenvalue weighted by molar-refractivity contribution is -0.111. The van der Waals surface area contributed by atoms with Gasteiger partial charge in [-0.1, -0.05) is 18.2 Å². The lowest BCUT2D eigenvalue weighted by Gasteiger charge is -2.19. The van der Waals surface area contributed by atoms with Crippen molar-refractivity contribution < 1.29 is 22.7 Å². The van der Waals surface area contributed by atoms with E-state index in [0.717, 1.165) is 9.87 Å². The number of para-hydroxylation sites is 1. The first-order valence-corrected chi connectivity index (χ1v) is 10.3. The molecule has 0 radical (unpaired) electrons. The van der Waals surface area contributed by atoms with Crippen LogP contribution in [0.1, 0.15) is 41.0 Å². The molecule has 1 aromatic heterocycles. The van der Waals surface area contributed by atoms with Gasteiger partial charge in [0.1, 0.15) is 0 Å². The van der Waals surface area contributed by atoms with Crippen LogP contribution in [0, 0.1) is 0 Å². The Kier molecular flexibility index (Phi) is 4.35. The number of cyclic esters (lactones) is 1. The molecule has 1 amide bonds. The Morgan fingerprint density at radius 1 is 1.21 bits per heavy atom. The fourth-order valence-electron chi connectivity index (χ4n) is 3.46. The van der Waals surface area contributed by atoms with Crippen LogP contribution in [-0.2, 0) is 26.2 Å². The van der Waals surface area contributed by atoms with Crippen molar-refractivity contribution in [3.8, 4) is 0 Å². The van der Waals surface area contributed by atoms with Crippen LogP contribution < -0.4 is 9.03 Å². The number of carbonyl (C=O) groups excluding carboxylic acids is 2. The predicted octanol–water partition coefficient (Wildman–Crippen LogP) is 1.86. The molecule has 0 fully saturated rings. The minimum Gasteiger partial charge on any atom is -0.462 e. The zero-order valence-electron chi connectivity index (χ0n) is 15.4. The van der Waals surface area contributed by atoms with Crippen LogP contribution in [0.2, 0.25) is 0 Å². The first-order valence-electron chi connectivity index (χ1n) is 8.85. The number of rotatable bonds is 4. The van der Waals surface area contributed by atoms with Gasteiger partial charge in [0.15, 0.2) is 0 Å². The van der Waals surface area contributed by atoms with Crippen LogP contribution in [0.5, 0.6) is 0 Å². The maximum absolute atomic E-state index is 13.1. The number of esters is 1. The molecule has 0 spiro atoms. The van der Waals surface area contributed by atoms with Crippen molar-refractivity contribution in [2.24, 2.45) is 0 Å². The summed E-state index contributed by atoms with van der Waals surface area (Å²) in [5.74, 6) is -1.05. The number of benzene rings is 1. The maximum atomic E-state index is 13.1. The molecule has 9 heteroatoms. The van der Waals surface area contributed by atoms with Gasteiger partial charge in [-0.2, -0.15) is 17.4 Å². The Hall–Kier alpha value is -2.91. The number of carbonyl (C=O) groups is 2. The van der Waals surface area contributed by atoms with Crippen LogP contribution in [0.3, 0.4) is 0 Å². The first kappa shape index (κ1) is 18.5. The average molecular weight is 401 g/mol. The third kappa shape index (κ3) is 2.92. The molecule has 28 heavy (non-hydrogen) atoms. The highest BCUT2D eigenvalue weighted by Crippen LogP contribution is 2.39. The van der Waals surface area contributed by atoms with E-state index in [1.165, 1.54) is 0 Å². The molecule has 2 aromatic rings. The normalized spacial score (nSPS) is 17.8. The van der Waals surface area contributed by atoms with Gasteiger partial charge in [0.25, 0.3) is 5.91 Å². The van der Waals surface area contributed by atoms with Crippen molar-refractivity contribution >= 4 is 39.4 Å². The Bertz CT molecular complexity index is 1110. The molecular weight excluding hydrogens is 382 g/mol. The van der Waals surface area contributed by atoms with Crippen LogP contribution in [-0.4, -0.2) is 37.9 Å². The van der Waals surface area contributed by atoms with Gasteiger partial charge >= 0.3 is 16.2 Å². The summed E-state index contributed by atoms with van der Waals surface area (Å²) in [6.07, 6.45) is 3.67. The third-order valence-corrected chi connectivity index (χ3v) is 6.18. The Labute approximate surface area is 162 Å². The molecule has 0 unspecified atom stereocenters. The van der Waals surface area contributed by atoms with Gasteiger partial charge in [0.2, 0.25) is 0 Å².